The van der Waals surface area contributed by atoms with Gasteiger partial charge in [-0.1, -0.05) is 24.3 Å². The maximum absolute atomic E-state index is 11.6. The number of carbonyl (C=O) groups is 2. The minimum atomic E-state index is -0.189. The zero-order valence-electron chi connectivity index (χ0n) is 14.0. The van der Waals surface area contributed by atoms with Crippen LogP contribution in [0.3, 0.4) is 0 Å². The number of ketones is 1. The van der Waals surface area contributed by atoms with E-state index < -0.39 is 0 Å². The number of benzene rings is 2. The first-order valence-corrected chi connectivity index (χ1v) is 8.19. The predicted octanol–water partition coefficient (Wildman–Crippen LogP) is 3.30. The molecule has 0 saturated heterocycles. The Hall–Kier alpha value is -3.18. The fraction of sp³-hybridized carbons (Fsp3) is 0.143. The van der Waals surface area contributed by atoms with Crippen molar-refractivity contribution in [1.29, 1.82) is 0 Å². The van der Waals surface area contributed by atoms with Gasteiger partial charge in [-0.15, -0.1) is 0 Å². The average Bonchev–Trinajstić information content (AvgIpc) is 2.65. The topological polar surface area (TPSA) is 94.8 Å². The average molecular weight is 350 g/mol. The Labute approximate surface area is 150 Å². The zero-order valence-corrected chi connectivity index (χ0v) is 14.0. The quantitative estimate of drug-likeness (QED) is 0.736. The summed E-state index contributed by atoms with van der Waals surface area (Å²) in [4.78, 5) is 23.2. The Morgan fingerprint density at radius 1 is 1.04 bits per heavy atom. The second-order valence-electron chi connectivity index (χ2n) is 6.09. The number of hydrogen-bond acceptors (Lipinski definition) is 5. The van der Waals surface area contributed by atoms with Gasteiger partial charge < -0.3 is 15.3 Å². The molecule has 0 atom stereocenters. The summed E-state index contributed by atoms with van der Waals surface area (Å²) in [6.45, 7) is -0.189. The molecule has 2 aromatic rings. The third kappa shape index (κ3) is 3.43. The van der Waals surface area contributed by atoms with E-state index in [1.165, 1.54) is 18.2 Å². The van der Waals surface area contributed by atoms with Crippen molar-refractivity contribution in [3.8, 4) is 5.75 Å². The van der Waals surface area contributed by atoms with E-state index in [1.807, 2.05) is 0 Å². The standard InChI is InChI=1S/C21H18O5/c22-11-13-1-7-18(15(9-13)12-23)21(14-2-4-16(24)5-3-14)19-8-6-17(25)10-20(19)26/h1-5,7,9-10,12,22,24,26H,6,8,11H2/b21-19+. The molecule has 3 rings (SSSR count). The molecule has 1 aliphatic rings. The van der Waals surface area contributed by atoms with Crippen molar-refractivity contribution >= 4 is 17.6 Å². The molecule has 0 spiro atoms. The Balaban J connectivity index is 2.29. The highest BCUT2D eigenvalue weighted by atomic mass is 16.3. The molecule has 5 nitrogen and oxygen atoms in total. The lowest BCUT2D eigenvalue weighted by Gasteiger charge is -2.20. The van der Waals surface area contributed by atoms with Crippen LogP contribution in [-0.2, 0) is 11.4 Å². The van der Waals surface area contributed by atoms with Gasteiger partial charge in [0.25, 0.3) is 0 Å². The summed E-state index contributed by atoms with van der Waals surface area (Å²) in [7, 11) is 0. The summed E-state index contributed by atoms with van der Waals surface area (Å²) < 4.78 is 0. The summed E-state index contributed by atoms with van der Waals surface area (Å²) in [6.07, 6.45) is 2.51. The summed E-state index contributed by atoms with van der Waals surface area (Å²) >= 11 is 0. The van der Waals surface area contributed by atoms with Crippen molar-refractivity contribution in [1.82, 2.24) is 0 Å². The van der Waals surface area contributed by atoms with Crippen molar-refractivity contribution in [3.63, 3.8) is 0 Å². The fourth-order valence-electron chi connectivity index (χ4n) is 3.10. The van der Waals surface area contributed by atoms with Crippen LogP contribution in [0.25, 0.3) is 5.57 Å². The first-order chi connectivity index (χ1) is 12.5. The normalized spacial score (nSPS) is 16.2. The molecule has 0 fully saturated rings. The largest absolute Gasteiger partial charge is 0.508 e. The van der Waals surface area contributed by atoms with E-state index in [0.717, 1.165) is 0 Å². The first-order valence-electron chi connectivity index (χ1n) is 8.19. The monoisotopic (exact) mass is 350 g/mol. The lowest BCUT2D eigenvalue weighted by molar-refractivity contribution is -0.114. The Morgan fingerprint density at radius 2 is 1.77 bits per heavy atom. The molecule has 5 heteroatoms. The number of phenolic OH excluding ortho intramolecular Hbond substituents is 1. The highest BCUT2D eigenvalue weighted by Crippen LogP contribution is 2.36. The van der Waals surface area contributed by atoms with Crippen molar-refractivity contribution in [2.45, 2.75) is 19.4 Å². The number of rotatable bonds is 4. The number of phenols is 1. The number of allylic oxidation sites excluding steroid dienone is 2. The summed E-state index contributed by atoms with van der Waals surface area (Å²) in [6, 6.07) is 11.4. The van der Waals surface area contributed by atoms with Crippen molar-refractivity contribution < 1.29 is 24.9 Å². The minimum absolute atomic E-state index is 0.0999. The first kappa shape index (κ1) is 17.6. The van der Waals surface area contributed by atoms with Gasteiger partial charge in [0.05, 0.1) is 6.61 Å². The number of aliphatic hydroxyl groups excluding tert-OH is 2. The van der Waals surface area contributed by atoms with Crippen LogP contribution in [0.15, 0.2) is 59.9 Å². The van der Waals surface area contributed by atoms with E-state index in [9.17, 15) is 24.9 Å². The summed E-state index contributed by atoms with van der Waals surface area (Å²) in [5.41, 5.74) is 3.45. The lowest BCUT2D eigenvalue weighted by atomic mass is 9.85. The lowest BCUT2D eigenvalue weighted by Crippen LogP contribution is -2.09. The highest BCUT2D eigenvalue weighted by Gasteiger charge is 2.22. The molecule has 0 unspecified atom stereocenters. The van der Waals surface area contributed by atoms with E-state index in [4.69, 9.17) is 0 Å². The van der Waals surface area contributed by atoms with Crippen LogP contribution in [0.2, 0.25) is 0 Å². The maximum Gasteiger partial charge on any atom is 0.159 e. The van der Waals surface area contributed by atoms with E-state index in [0.29, 0.717) is 46.1 Å². The van der Waals surface area contributed by atoms with Crippen LogP contribution in [0.4, 0.5) is 0 Å². The molecule has 0 saturated carbocycles. The summed E-state index contributed by atoms with van der Waals surface area (Å²) in [5.74, 6) is -0.169. The molecule has 0 aliphatic heterocycles. The van der Waals surface area contributed by atoms with Gasteiger partial charge >= 0.3 is 0 Å². The molecule has 1 aliphatic carbocycles. The van der Waals surface area contributed by atoms with E-state index in [1.54, 1.807) is 30.3 Å². The zero-order chi connectivity index (χ0) is 18.7. The predicted molar refractivity (Wildman–Crippen MR) is 96.8 cm³/mol. The van der Waals surface area contributed by atoms with Crippen LogP contribution >= 0.6 is 0 Å². The van der Waals surface area contributed by atoms with Gasteiger partial charge in [0.15, 0.2) is 12.1 Å². The second kappa shape index (κ2) is 7.37. The molecule has 0 radical (unpaired) electrons. The molecule has 0 heterocycles. The molecular formula is C21H18O5. The van der Waals surface area contributed by atoms with Gasteiger partial charge in [-0.05, 0) is 46.9 Å². The third-order valence-electron chi connectivity index (χ3n) is 4.38. The van der Waals surface area contributed by atoms with Gasteiger partial charge in [0.2, 0.25) is 0 Å². The molecule has 26 heavy (non-hydrogen) atoms. The van der Waals surface area contributed by atoms with Gasteiger partial charge in [-0.2, -0.15) is 0 Å². The molecule has 3 N–H and O–H groups in total. The smallest absolute Gasteiger partial charge is 0.159 e. The third-order valence-corrected chi connectivity index (χ3v) is 4.38. The SMILES string of the molecule is O=Cc1cc(CO)ccc1/C(=C1\CCC(=O)C=C1O)c1ccc(O)cc1. The number of aldehydes is 1. The van der Waals surface area contributed by atoms with Gasteiger partial charge in [-0.3, -0.25) is 9.59 Å². The van der Waals surface area contributed by atoms with Gasteiger partial charge in [0, 0.05) is 23.6 Å². The molecule has 0 amide bonds. The number of hydrogen-bond donors (Lipinski definition) is 3. The Kier molecular flexibility index (Phi) is 5.00. The number of carbonyl (C=O) groups excluding carboxylic acids is 2. The van der Waals surface area contributed by atoms with Crippen LogP contribution in [0.5, 0.6) is 5.75 Å². The molecular weight excluding hydrogens is 332 g/mol. The van der Waals surface area contributed by atoms with Crippen molar-refractivity contribution in [2.24, 2.45) is 0 Å². The van der Waals surface area contributed by atoms with E-state index in [2.05, 4.69) is 0 Å². The molecule has 0 aromatic heterocycles. The van der Waals surface area contributed by atoms with Gasteiger partial charge in [-0.25, -0.2) is 0 Å². The van der Waals surface area contributed by atoms with E-state index >= 15 is 0 Å². The minimum Gasteiger partial charge on any atom is -0.508 e. The highest BCUT2D eigenvalue weighted by molar-refractivity contribution is 5.97. The van der Waals surface area contributed by atoms with Crippen LogP contribution in [0, 0.1) is 0 Å². The maximum atomic E-state index is 11.6. The van der Waals surface area contributed by atoms with Crippen molar-refractivity contribution in [2.75, 3.05) is 0 Å². The van der Waals surface area contributed by atoms with Crippen LogP contribution in [-0.4, -0.2) is 27.4 Å². The summed E-state index contributed by atoms with van der Waals surface area (Å²) in [5, 5.41) is 29.2. The van der Waals surface area contributed by atoms with Crippen LogP contribution in [0.1, 0.15) is 39.9 Å². The molecule has 0 bridgehead atoms. The van der Waals surface area contributed by atoms with Gasteiger partial charge in [0.1, 0.15) is 11.5 Å². The number of aromatic hydroxyl groups is 1. The second-order valence-corrected chi connectivity index (χ2v) is 6.09. The molecule has 2 aromatic carbocycles. The van der Waals surface area contributed by atoms with Crippen molar-refractivity contribution in [3.05, 3.63) is 82.1 Å². The Bertz CT molecular complexity index is 920. The fourth-order valence-corrected chi connectivity index (χ4v) is 3.10. The number of aliphatic hydroxyl groups is 2. The van der Waals surface area contributed by atoms with E-state index in [-0.39, 0.29) is 30.3 Å². The molecule has 132 valence electrons. The van der Waals surface area contributed by atoms with Crippen LogP contribution < -0.4 is 0 Å². The Morgan fingerprint density at radius 3 is 2.38 bits per heavy atom.